The lowest BCUT2D eigenvalue weighted by atomic mass is 10.0. The van der Waals surface area contributed by atoms with E-state index in [1.807, 2.05) is 6.92 Å². The summed E-state index contributed by atoms with van der Waals surface area (Å²) in [6, 6.07) is 6.73. The average molecular weight is 297 g/mol. The van der Waals surface area contributed by atoms with Crippen molar-refractivity contribution in [2.45, 2.75) is 31.5 Å². The van der Waals surface area contributed by atoms with Gasteiger partial charge in [0.25, 0.3) is 0 Å². The first kappa shape index (κ1) is 16.8. The third-order valence-corrected chi connectivity index (χ3v) is 2.87. The number of ether oxygens (including phenoxy) is 1. The van der Waals surface area contributed by atoms with Crippen molar-refractivity contribution in [3.05, 3.63) is 35.4 Å². The molecule has 0 amide bonds. The minimum atomic E-state index is -5.59. The van der Waals surface area contributed by atoms with Crippen LogP contribution < -0.4 is 5.73 Å². The van der Waals surface area contributed by atoms with E-state index in [0.29, 0.717) is 12.1 Å². The van der Waals surface area contributed by atoms with Gasteiger partial charge in [0.05, 0.1) is 6.61 Å². The van der Waals surface area contributed by atoms with Crippen LogP contribution in [-0.4, -0.2) is 25.3 Å². The van der Waals surface area contributed by atoms with Crippen LogP contribution in [0.2, 0.25) is 0 Å². The summed E-state index contributed by atoms with van der Waals surface area (Å²) in [5.74, 6) is -4.68. The van der Waals surface area contributed by atoms with Crippen LogP contribution in [0.4, 0.5) is 22.0 Å². The number of nitrogens with two attached hydrogens (primary N) is 1. The molecule has 2 N–H and O–H groups in total. The summed E-state index contributed by atoms with van der Waals surface area (Å²) >= 11 is 0. The third kappa shape index (κ3) is 4.42. The van der Waals surface area contributed by atoms with Gasteiger partial charge >= 0.3 is 12.1 Å². The molecule has 0 bridgehead atoms. The fourth-order valence-corrected chi connectivity index (χ4v) is 1.46. The molecule has 20 heavy (non-hydrogen) atoms. The Morgan fingerprint density at radius 1 is 1.10 bits per heavy atom. The number of alkyl halides is 5. The predicted molar refractivity (Wildman–Crippen MR) is 64.6 cm³/mol. The van der Waals surface area contributed by atoms with Gasteiger partial charge in [0.15, 0.2) is 0 Å². The van der Waals surface area contributed by atoms with Gasteiger partial charge in [0.1, 0.15) is 6.61 Å². The quantitative estimate of drug-likeness (QED) is 0.816. The minimum Gasteiger partial charge on any atom is -0.370 e. The normalized spacial score (nSPS) is 14.3. The maximum atomic E-state index is 12.6. The second-order valence-electron chi connectivity index (χ2n) is 4.57. The monoisotopic (exact) mass is 297 g/mol. The number of hydrogen-bond acceptors (Lipinski definition) is 2. The summed E-state index contributed by atoms with van der Waals surface area (Å²) in [4.78, 5) is 0. The maximum absolute atomic E-state index is 12.6. The zero-order valence-electron chi connectivity index (χ0n) is 10.9. The molecule has 0 spiro atoms. The molecule has 0 radical (unpaired) electrons. The fourth-order valence-electron chi connectivity index (χ4n) is 1.46. The zero-order valence-corrected chi connectivity index (χ0v) is 10.9. The lowest BCUT2D eigenvalue weighted by Gasteiger charge is -2.19. The lowest BCUT2D eigenvalue weighted by molar-refractivity contribution is -0.297. The first-order valence-corrected chi connectivity index (χ1v) is 5.98. The highest BCUT2D eigenvalue weighted by Crippen LogP contribution is 2.35. The molecule has 0 aliphatic heterocycles. The van der Waals surface area contributed by atoms with Gasteiger partial charge in [-0.2, -0.15) is 22.0 Å². The van der Waals surface area contributed by atoms with E-state index in [1.54, 1.807) is 24.3 Å². The summed E-state index contributed by atoms with van der Waals surface area (Å²) in [5.41, 5.74) is 6.99. The standard InChI is InChI=1S/C13H16F5NO/c1-9(6-19)11-4-2-10(3-5-11)7-20-8-12(14,15)13(16,17)18/h2-5,9H,6-8,19H2,1H3. The molecule has 1 rings (SSSR count). The molecule has 0 fully saturated rings. The van der Waals surface area contributed by atoms with Crippen molar-refractivity contribution in [3.63, 3.8) is 0 Å². The molecule has 0 aromatic heterocycles. The van der Waals surface area contributed by atoms with E-state index in [1.165, 1.54) is 0 Å². The summed E-state index contributed by atoms with van der Waals surface area (Å²) < 4.78 is 65.3. The highest BCUT2D eigenvalue weighted by atomic mass is 19.4. The van der Waals surface area contributed by atoms with Crippen LogP contribution in [0.15, 0.2) is 24.3 Å². The maximum Gasteiger partial charge on any atom is 0.455 e. The van der Waals surface area contributed by atoms with E-state index in [9.17, 15) is 22.0 Å². The van der Waals surface area contributed by atoms with E-state index in [0.717, 1.165) is 5.56 Å². The van der Waals surface area contributed by atoms with Gasteiger partial charge in [-0.25, -0.2) is 0 Å². The van der Waals surface area contributed by atoms with Crippen molar-refractivity contribution < 1.29 is 26.7 Å². The second-order valence-corrected chi connectivity index (χ2v) is 4.57. The molecule has 1 aromatic rings. The molecule has 114 valence electrons. The van der Waals surface area contributed by atoms with Gasteiger partial charge in [-0.1, -0.05) is 31.2 Å². The van der Waals surface area contributed by atoms with Crippen molar-refractivity contribution in [3.8, 4) is 0 Å². The van der Waals surface area contributed by atoms with Crippen molar-refractivity contribution >= 4 is 0 Å². The molecule has 0 saturated carbocycles. The SMILES string of the molecule is CC(CN)c1ccc(COCC(F)(F)C(F)(F)F)cc1. The van der Waals surface area contributed by atoms with Gasteiger partial charge < -0.3 is 10.5 Å². The largest absolute Gasteiger partial charge is 0.455 e. The van der Waals surface area contributed by atoms with Gasteiger partial charge in [-0.3, -0.25) is 0 Å². The minimum absolute atomic E-state index is 0.152. The van der Waals surface area contributed by atoms with Crippen LogP contribution in [0.3, 0.4) is 0 Å². The molecule has 0 aliphatic carbocycles. The molecule has 0 aliphatic rings. The zero-order chi connectivity index (χ0) is 15.4. The Kier molecular flexibility index (Phi) is 5.47. The molecule has 1 unspecified atom stereocenters. The first-order valence-electron chi connectivity index (χ1n) is 5.98. The van der Waals surface area contributed by atoms with Crippen LogP contribution in [-0.2, 0) is 11.3 Å². The molecule has 2 nitrogen and oxygen atoms in total. The Hall–Kier alpha value is -1.21. The van der Waals surface area contributed by atoms with E-state index < -0.39 is 18.7 Å². The van der Waals surface area contributed by atoms with E-state index >= 15 is 0 Å². The topological polar surface area (TPSA) is 35.2 Å². The number of halogens is 5. The number of benzene rings is 1. The molecular weight excluding hydrogens is 281 g/mol. The third-order valence-electron chi connectivity index (χ3n) is 2.87. The Morgan fingerprint density at radius 3 is 2.10 bits per heavy atom. The van der Waals surface area contributed by atoms with Gasteiger partial charge in [0, 0.05) is 0 Å². The Bertz CT molecular complexity index is 416. The van der Waals surface area contributed by atoms with Crippen molar-refractivity contribution in [2.24, 2.45) is 5.73 Å². The van der Waals surface area contributed by atoms with Crippen molar-refractivity contribution in [1.29, 1.82) is 0 Å². The first-order chi connectivity index (χ1) is 9.17. The lowest BCUT2D eigenvalue weighted by Crippen LogP contribution is -2.40. The van der Waals surface area contributed by atoms with Crippen molar-refractivity contribution in [2.75, 3.05) is 13.2 Å². The summed E-state index contributed by atoms with van der Waals surface area (Å²) in [6.07, 6.45) is -5.59. The molecule has 0 heterocycles. The van der Waals surface area contributed by atoms with Crippen LogP contribution in [0, 0.1) is 0 Å². The Morgan fingerprint density at radius 2 is 1.65 bits per heavy atom. The second kappa shape index (κ2) is 6.49. The van der Waals surface area contributed by atoms with Crippen LogP contribution in [0.25, 0.3) is 0 Å². The molecule has 1 atom stereocenters. The average Bonchev–Trinajstić information content (AvgIpc) is 2.37. The smallest absolute Gasteiger partial charge is 0.370 e. The number of rotatable bonds is 6. The van der Waals surface area contributed by atoms with Crippen LogP contribution in [0.5, 0.6) is 0 Å². The molecule has 7 heteroatoms. The van der Waals surface area contributed by atoms with E-state index in [-0.39, 0.29) is 12.5 Å². The molecule has 0 saturated heterocycles. The highest BCUT2D eigenvalue weighted by molar-refractivity contribution is 5.24. The fraction of sp³-hybridized carbons (Fsp3) is 0.538. The van der Waals surface area contributed by atoms with Crippen LogP contribution in [0.1, 0.15) is 24.0 Å². The van der Waals surface area contributed by atoms with Crippen LogP contribution >= 0.6 is 0 Å². The van der Waals surface area contributed by atoms with E-state index in [4.69, 9.17) is 5.73 Å². The highest BCUT2D eigenvalue weighted by Gasteiger charge is 2.57. The summed E-state index contributed by atoms with van der Waals surface area (Å²) in [5, 5.41) is 0. The molecular formula is C13H16F5NO. The summed E-state index contributed by atoms with van der Waals surface area (Å²) in [7, 11) is 0. The van der Waals surface area contributed by atoms with Crippen molar-refractivity contribution in [1.82, 2.24) is 0 Å². The Labute approximate surface area is 113 Å². The number of hydrogen-bond donors (Lipinski definition) is 1. The van der Waals surface area contributed by atoms with E-state index in [2.05, 4.69) is 4.74 Å². The van der Waals surface area contributed by atoms with Gasteiger partial charge in [-0.05, 0) is 23.6 Å². The predicted octanol–water partition coefficient (Wildman–Crippen LogP) is 3.46. The molecule has 1 aromatic carbocycles. The van der Waals surface area contributed by atoms with Gasteiger partial charge in [-0.15, -0.1) is 0 Å². The Balaban J connectivity index is 2.51. The van der Waals surface area contributed by atoms with Gasteiger partial charge in [0.2, 0.25) is 0 Å². The summed E-state index contributed by atoms with van der Waals surface area (Å²) in [6.45, 7) is 0.406.